The lowest BCUT2D eigenvalue weighted by atomic mass is 10.2. The summed E-state index contributed by atoms with van der Waals surface area (Å²) in [6.45, 7) is 0. The van der Waals surface area contributed by atoms with E-state index >= 15 is 0 Å². The Labute approximate surface area is 122 Å². The molecule has 0 aliphatic rings. The summed E-state index contributed by atoms with van der Waals surface area (Å²) in [6, 6.07) is 17.1. The van der Waals surface area contributed by atoms with E-state index in [2.05, 4.69) is 4.98 Å². The van der Waals surface area contributed by atoms with Crippen LogP contribution in [-0.4, -0.2) is 9.97 Å². The van der Waals surface area contributed by atoms with Crippen LogP contribution in [0.4, 0.5) is 0 Å². The van der Waals surface area contributed by atoms with Gasteiger partial charge in [-0.3, -0.25) is 4.98 Å². The molecule has 2 aromatic carbocycles. The highest BCUT2D eigenvalue weighted by Gasteiger charge is 2.04. The Morgan fingerprint density at radius 3 is 2.50 bits per heavy atom. The highest BCUT2D eigenvalue weighted by atomic mass is 32.1. The number of thiocarbonyl (C=S) groups is 1. The molecule has 0 aliphatic heterocycles. The lowest BCUT2D eigenvalue weighted by Gasteiger charge is -2.08. The van der Waals surface area contributed by atoms with Crippen LogP contribution >= 0.6 is 12.2 Å². The molecule has 1 heterocycles. The van der Waals surface area contributed by atoms with Crippen LogP contribution in [0.2, 0.25) is 0 Å². The molecular formula is C16H12N2OS. The van der Waals surface area contributed by atoms with E-state index < -0.39 is 0 Å². The molecule has 0 spiro atoms. The molecule has 0 radical (unpaired) electrons. The minimum Gasteiger partial charge on any atom is -0.455 e. The number of ether oxygens (including phenoxy) is 1. The van der Waals surface area contributed by atoms with E-state index in [1.807, 2.05) is 54.6 Å². The van der Waals surface area contributed by atoms with Gasteiger partial charge in [0.05, 0.1) is 0 Å². The van der Waals surface area contributed by atoms with E-state index in [1.165, 1.54) is 0 Å². The van der Waals surface area contributed by atoms with E-state index in [9.17, 15) is 0 Å². The first-order valence-electron chi connectivity index (χ1n) is 6.15. The zero-order valence-electron chi connectivity index (χ0n) is 10.6. The third-order valence-corrected chi connectivity index (χ3v) is 3.20. The maximum Gasteiger partial charge on any atom is 0.153 e. The predicted molar refractivity (Wildman–Crippen MR) is 84.1 cm³/mol. The lowest BCUT2D eigenvalue weighted by Crippen LogP contribution is -2.08. The van der Waals surface area contributed by atoms with E-state index in [-0.39, 0.29) is 0 Å². The molecule has 3 nitrogen and oxygen atoms in total. The van der Waals surface area contributed by atoms with Crippen molar-refractivity contribution in [2.75, 3.05) is 0 Å². The Morgan fingerprint density at radius 1 is 1.00 bits per heavy atom. The number of hydrogen-bond donors (Lipinski definition) is 1. The SMILES string of the molecule is NC(=S)c1ccc(Oc2cccc3cccnc23)cc1. The van der Waals surface area contributed by atoms with Crippen molar-refractivity contribution in [3.8, 4) is 11.5 Å². The van der Waals surface area contributed by atoms with E-state index in [4.69, 9.17) is 22.7 Å². The molecule has 4 heteroatoms. The van der Waals surface area contributed by atoms with Gasteiger partial charge in [0, 0.05) is 17.1 Å². The first-order chi connectivity index (χ1) is 9.74. The van der Waals surface area contributed by atoms with Gasteiger partial charge < -0.3 is 10.5 Å². The summed E-state index contributed by atoms with van der Waals surface area (Å²) in [5, 5.41) is 1.05. The first kappa shape index (κ1) is 12.6. The number of nitrogens with two attached hydrogens (primary N) is 1. The van der Waals surface area contributed by atoms with E-state index in [1.54, 1.807) is 6.20 Å². The van der Waals surface area contributed by atoms with Gasteiger partial charge in [0.15, 0.2) is 5.75 Å². The Balaban J connectivity index is 1.95. The fraction of sp³-hybridized carbons (Fsp3) is 0. The van der Waals surface area contributed by atoms with Gasteiger partial charge >= 0.3 is 0 Å². The molecule has 0 fully saturated rings. The molecule has 0 saturated heterocycles. The Bertz CT molecular complexity index is 764. The van der Waals surface area contributed by atoms with Crippen LogP contribution in [0.15, 0.2) is 60.8 Å². The molecule has 0 aliphatic carbocycles. The third-order valence-electron chi connectivity index (χ3n) is 2.96. The lowest BCUT2D eigenvalue weighted by molar-refractivity contribution is 0.487. The smallest absolute Gasteiger partial charge is 0.153 e. The van der Waals surface area contributed by atoms with Crippen molar-refractivity contribution in [3.05, 3.63) is 66.4 Å². The van der Waals surface area contributed by atoms with Gasteiger partial charge in [-0.2, -0.15) is 0 Å². The summed E-state index contributed by atoms with van der Waals surface area (Å²) >= 11 is 4.93. The fourth-order valence-corrected chi connectivity index (χ4v) is 2.11. The molecule has 0 unspecified atom stereocenters. The highest BCUT2D eigenvalue weighted by Crippen LogP contribution is 2.28. The van der Waals surface area contributed by atoms with Crippen LogP contribution < -0.4 is 10.5 Å². The molecule has 98 valence electrons. The Kier molecular flexibility index (Phi) is 3.31. The molecular weight excluding hydrogens is 268 g/mol. The van der Waals surface area contributed by atoms with Gasteiger partial charge in [-0.25, -0.2) is 0 Å². The second kappa shape index (κ2) is 5.27. The van der Waals surface area contributed by atoms with Gasteiger partial charge in [-0.05, 0) is 36.4 Å². The minimum atomic E-state index is 0.378. The number of benzene rings is 2. The molecule has 2 N–H and O–H groups in total. The molecule has 3 aromatic rings. The molecule has 3 rings (SSSR count). The maximum atomic E-state index is 5.88. The number of fused-ring (bicyclic) bond motifs is 1. The van der Waals surface area contributed by atoms with Crippen molar-refractivity contribution in [3.63, 3.8) is 0 Å². The summed E-state index contributed by atoms with van der Waals surface area (Å²) in [5.74, 6) is 1.45. The molecule has 20 heavy (non-hydrogen) atoms. The number of hydrogen-bond acceptors (Lipinski definition) is 3. The highest BCUT2D eigenvalue weighted by molar-refractivity contribution is 7.80. The number of nitrogens with zero attached hydrogens (tertiary/aromatic N) is 1. The number of pyridine rings is 1. The van der Waals surface area contributed by atoms with Crippen molar-refractivity contribution in [1.29, 1.82) is 0 Å². The normalized spacial score (nSPS) is 10.4. The maximum absolute atomic E-state index is 5.88. The molecule has 0 bridgehead atoms. The van der Waals surface area contributed by atoms with Crippen LogP contribution in [0.3, 0.4) is 0 Å². The topological polar surface area (TPSA) is 48.1 Å². The number of aromatic nitrogens is 1. The van der Waals surface area contributed by atoms with E-state index in [0.717, 1.165) is 28.0 Å². The van der Waals surface area contributed by atoms with Crippen LogP contribution in [0.1, 0.15) is 5.56 Å². The van der Waals surface area contributed by atoms with Crippen molar-refractivity contribution in [2.45, 2.75) is 0 Å². The van der Waals surface area contributed by atoms with Crippen LogP contribution in [0.25, 0.3) is 10.9 Å². The zero-order valence-corrected chi connectivity index (χ0v) is 11.4. The van der Waals surface area contributed by atoms with Crippen molar-refractivity contribution < 1.29 is 4.74 Å². The number of para-hydroxylation sites is 1. The molecule has 0 atom stereocenters. The molecule has 0 amide bonds. The number of rotatable bonds is 3. The largest absolute Gasteiger partial charge is 0.455 e. The van der Waals surface area contributed by atoms with Crippen LogP contribution in [0, 0.1) is 0 Å². The van der Waals surface area contributed by atoms with Gasteiger partial charge in [0.25, 0.3) is 0 Å². The van der Waals surface area contributed by atoms with Gasteiger partial charge in [-0.15, -0.1) is 0 Å². The van der Waals surface area contributed by atoms with Crippen LogP contribution in [-0.2, 0) is 0 Å². The van der Waals surface area contributed by atoms with E-state index in [0.29, 0.717) is 4.99 Å². The quantitative estimate of drug-likeness (QED) is 0.744. The van der Waals surface area contributed by atoms with Gasteiger partial charge in [-0.1, -0.05) is 30.4 Å². The van der Waals surface area contributed by atoms with Crippen molar-refractivity contribution in [2.24, 2.45) is 5.73 Å². The fourth-order valence-electron chi connectivity index (χ4n) is 1.97. The van der Waals surface area contributed by atoms with Crippen molar-refractivity contribution in [1.82, 2.24) is 4.98 Å². The van der Waals surface area contributed by atoms with Crippen LogP contribution in [0.5, 0.6) is 11.5 Å². The zero-order chi connectivity index (χ0) is 13.9. The van der Waals surface area contributed by atoms with Gasteiger partial charge in [0.2, 0.25) is 0 Å². The summed E-state index contributed by atoms with van der Waals surface area (Å²) in [4.78, 5) is 4.74. The summed E-state index contributed by atoms with van der Waals surface area (Å²) in [6.07, 6.45) is 1.76. The minimum absolute atomic E-state index is 0.378. The Morgan fingerprint density at radius 2 is 1.75 bits per heavy atom. The molecule has 1 aromatic heterocycles. The molecule has 0 saturated carbocycles. The average molecular weight is 280 g/mol. The Hall–Kier alpha value is -2.46. The second-order valence-corrected chi connectivity index (χ2v) is 4.76. The summed E-state index contributed by atoms with van der Waals surface area (Å²) in [7, 11) is 0. The first-order valence-corrected chi connectivity index (χ1v) is 6.56. The summed E-state index contributed by atoms with van der Waals surface area (Å²) < 4.78 is 5.88. The second-order valence-electron chi connectivity index (χ2n) is 4.32. The van der Waals surface area contributed by atoms with Gasteiger partial charge in [0.1, 0.15) is 16.3 Å². The average Bonchev–Trinajstić information content (AvgIpc) is 2.48. The predicted octanol–water partition coefficient (Wildman–Crippen LogP) is 3.66. The monoisotopic (exact) mass is 280 g/mol. The summed E-state index contributed by atoms with van der Waals surface area (Å²) in [5.41, 5.74) is 7.24. The van der Waals surface area contributed by atoms with Crippen molar-refractivity contribution >= 4 is 28.1 Å². The third kappa shape index (κ3) is 2.46. The standard InChI is InChI=1S/C16H12N2OS/c17-16(20)12-6-8-13(9-7-12)19-14-5-1-3-11-4-2-10-18-15(11)14/h1-10H,(H2,17,20).